The van der Waals surface area contributed by atoms with Crippen LogP contribution in [0.2, 0.25) is 0 Å². The Morgan fingerprint density at radius 2 is 1.76 bits per heavy atom. The summed E-state index contributed by atoms with van der Waals surface area (Å²) in [5.41, 5.74) is -0.219. The smallest absolute Gasteiger partial charge is 0.277 e. The summed E-state index contributed by atoms with van der Waals surface area (Å²) in [6.45, 7) is 1.93. The van der Waals surface area contributed by atoms with Crippen molar-refractivity contribution in [3.05, 3.63) is 70.1 Å². The summed E-state index contributed by atoms with van der Waals surface area (Å²) >= 11 is 1.24. The number of amides is 1. The Bertz CT molecular complexity index is 1080. The van der Waals surface area contributed by atoms with E-state index in [0.29, 0.717) is 28.3 Å². The second-order valence-corrected chi connectivity index (χ2v) is 7.00. The Balaban J connectivity index is 1.94. The van der Waals surface area contributed by atoms with Gasteiger partial charge in [0.05, 0.1) is 18.6 Å². The van der Waals surface area contributed by atoms with Crippen LogP contribution in [-0.2, 0) is 6.42 Å². The number of aromatic carboxylic acids is 1. The number of hydrogen-bond acceptors (Lipinski definition) is 8. The molecule has 0 bridgehead atoms. The Kier molecular flexibility index (Phi) is 5.99. The van der Waals surface area contributed by atoms with E-state index in [-0.39, 0.29) is 11.5 Å². The number of thiophene rings is 1. The number of aryl methyl sites for hydroxylation is 1. The fraction of sp³-hybridized carbons (Fsp3) is 0.150. The molecule has 2 heterocycles. The van der Waals surface area contributed by atoms with Crippen LogP contribution in [0.25, 0.3) is 0 Å². The molecule has 3 aromatic rings. The Hall–Kier alpha value is -3.59. The second kappa shape index (κ2) is 8.61. The maximum atomic E-state index is 13.0. The summed E-state index contributed by atoms with van der Waals surface area (Å²) in [5.74, 6) is -2.06. The molecule has 148 valence electrons. The van der Waals surface area contributed by atoms with Gasteiger partial charge in [-0.25, -0.2) is 4.98 Å². The summed E-state index contributed by atoms with van der Waals surface area (Å²) in [6.07, 6.45) is 3.02. The highest BCUT2D eigenvalue weighted by molar-refractivity contribution is 7.16. The van der Waals surface area contributed by atoms with Crippen molar-refractivity contribution in [2.45, 2.75) is 13.3 Å². The van der Waals surface area contributed by atoms with E-state index in [0.717, 1.165) is 11.1 Å². The monoisotopic (exact) mass is 410 g/mol. The van der Waals surface area contributed by atoms with Gasteiger partial charge in [-0.05, 0) is 36.8 Å². The van der Waals surface area contributed by atoms with Gasteiger partial charge in [-0.15, -0.1) is 11.3 Å². The van der Waals surface area contributed by atoms with Crippen molar-refractivity contribution in [1.82, 2.24) is 9.97 Å². The zero-order chi connectivity index (χ0) is 21.0. The highest BCUT2D eigenvalue weighted by Gasteiger charge is 2.22. The number of methoxy groups -OCH3 is 1. The summed E-state index contributed by atoms with van der Waals surface area (Å²) in [5, 5.41) is 14.1. The first-order valence-corrected chi connectivity index (χ1v) is 9.41. The molecule has 1 aromatic carbocycles. The number of anilines is 1. The van der Waals surface area contributed by atoms with Gasteiger partial charge in [0.1, 0.15) is 16.4 Å². The van der Waals surface area contributed by atoms with Crippen LogP contribution in [0.15, 0.2) is 42.7 Å². The van der Waals surface area contributed by atoms with Crippen LogP contribution in [0.1, 0.15) is 48.7 Å². The van der Waals surface area contributed by atoms with E-state index in [9.17, 15) is 19.5 Å². The maximum Gasteiger partial charge on any atom is 0.277 e. The molecule has 29 heavy (non-hydrogen) atoms. The van der Waals surface area contributed by atoms with E-state index in [4.69, 9.17) is 4.74 Å². The van der Waals surface area contributed by atoms with Crippen molar-refractivity contribution >= 4 is 34.0 Å². The number of nitrogens with one attached hydrogen (secondary N) is 1. The van der Waals surface area contributed by atoms with Gasteiger partial charge in [-0.1, -0.05) is 6.92 Å². The molecule has 0 radical (unpaired) electrons. The Morgan fingerprint density at radius 3 is 2.34 bits per heavy atom. The minimum atomic E-state index is -1.61. The molecule has 3 rings (SSSR count). The molecule has 0 unspecified atom stereocenters. The van der Waals surface area contributed by atoms with Crippen molar-refractivity contribution in [3.8, 4) is 5.75 Å². The number of hydrogen-bond donors (Lipinski definition) is 1. The van der Waals surface area contributed by atoms with Gasteiger partial charge >= 0.3 is 0 Å². The van der Waals surface area contributed by atoms with Crippen molar-refractivity contribution in [1.29, 1.82) is 0 Å². The van der Waals surface area contributed by atoms with Gasteiger partial charge in [0, 0.05) is 22.8 Å². The van der Waals surface area contributed by atoms with E-state index in [2.05, 4.69) is 15.3 Å². The molecule has 8 nitrogen and oxygen atoms in total. The molecule has 0 aliphatic rings. The average Bonchev–Trinajstić information content (AvgIpc) is 3.16. The molecular formula is C20H16N3O5S-. The van der Waals surface area contributed by atoms with Gasteiger partial charge in [-0.3, -0.25) is 14.6 Å². The molecule has 0 spiro atoms. The van der Waals surface area contributed by atoms with Crippen LogP contribution < -0.4 is 15.2 Å². The minimum Gasteiger partial charge on any atom is -0.543 e. The number of aromatic nitrogens is 2. The molecule has 1 amide bonds. The number of carbonyl (C=O) groups excluding carboxylic acids is 3. The van der Waals surface area contributed by atoms with E-state index in [1.54, 1.807) is 30.3 Å². The van der Waals surface area contributed by atoms with Crippen LogP contribution >= 0.6 is 11.3 Å². The molecule has 0 saturated carbocycles. The first-order valence-electron chi connectivity index (χ1n) is 8.59. The second-order valence-electron chi connectivity index (χ2n) is 5.86. The average molecular weight is 410 g/mol. The van der Waals surface area contributed by atoms with Gasteiger partial charge in [-0.2, -0.15) is 0 Å². The molecule has 0 aliphatic heterocycles. The van der Waals surface area contributed by atoms with Gasteiger partial charge in [0.2, 0.25) is 0 Å². The first kappa shape index (κ1) is 20.2. The standard InChI is InChI=1S/C20H17N3O5S/c1-3-13-10-14(17(24)11-4-6-12(28-2)7-5-11)19(29-13)23-18(25)15-16(20(26)27)22-9-8-21-15/h4-10H,3H2,1-2H3,(H,23,25)(H,26,27)/p-1. The van der Waals surface area contributed by atoms with E-state index in [1.165, 1.54) is 24.6 Å². The van der Waals surface area contributed by atoms with Crippen molar-refractivity contribution in [3.63, 3.8) is 0 Å². The van der Waals surface area contributed by atoms with Crippen LogP contribution in [0, 0.1) is 0 Å². The normalized spacial score (nSPS) is 10.4. The first-order chi connectivity index (χ1) is 13.9. The van der Waals surface area contributed by atoms with Crippen LogP contribution in [-0.4, -0.2) is 34.7 Å². The zero-order valence-corrected chi connectivity index (χ0v) is 16.4. The molecule has 0 aliphatic carbocycles. The SMILES string of the molecule is CCc1cc(C(=O)c2ccc(OC)cc2)c(NC(=O)c2nccnc2C(=O)[O-])s1. The van der Waals surface area contributed by atoms with E-state index in [1.807, 2.05) is 6.92 Å². The third-order valence-electron chi connectivity index (χ3n) is 4.06. The highest BCUT2D eigenvalue weighted by Crippen LogP contribution is 2.31. The summed E-state index contributed by atoms with van der Waals surface area (Å²) < 4.78 is 5.10. The number of ether oxygens (including phenoxy) is 1. The van der Waals surface area contributed by atoms with Gasteiger partial charge in [0.15, 0.2) is 11.5 Å². The van der Waals surface area contributed by atoms with E-state index >= 15 is 0 Å². The molecule has 0 atom stereocenters. The predicted molar refractivity (Wildman–Crippen MR) is 104 cm³/mol. The van der Waals surface area contributed by atoms with Crippen LogP contribution in [0.3, 0.4) is 0 Å². The third kappa shape index (κ3) is 4.30. The molecular weight excluding hydrogens is 394 g/mol. The number of ketones is 1. The van der Waals surface area contributed by atoms with Crippen LogP contribution in [0.4, 0.5) is 5.00 Å². The fourth-order valence-corrected chi connectivity index (χ4v) is 3.58. The maximum absolute atomic E-state index is 13.0. The lowest BCUT2D eigenvalue weighted by atomic mass is 10.0. The van der Waals surface area contributed by atoms with Crippen LogP contribution in [0.5, 0.6) is 5.75 Å². The molecule has 0 fully saturated rings. The fourth-order valence-electron chi connectivity index (χ4n) is 2.59. The number of carbonyl (C=O) groups is 3. The number of benzene rings is 1. The summed E-state index contributed by atoms with van der Waals surface area (Å²) in [4.78, 5) is 45.1. The number of carboxylic acid groups (broad SMARTS) is 1. The Labute approximate surface area is 170 Å². The molecule has 9 heteroatoms. The van der Waals surface area contributed by atoms with E-state index < -0.39 is 17.6 Å². The number of rotatable bonds is 7. The Morgan fingerprint density at radius 1 is 1.10 bits per heavy atom. The van der Waals surface area contributed by atoms with Crippen molar-refractivity contribution in [2.75, 3.05) is 12.4 Å². The zero-order valence-electron chi connectivity index (χ0n) is 15.6. The highest BCUT2D eigenvalue weighted by atomic mass is 32.1. The van der Waals surface area contributed by atoms with Gasteiger partial charge < -0.3 is 20.0 Å². The molecule has 1 N–H and O–H groups in total. The lowest BCUT2D eigenvalue weighted by Crippen LogP contribution is -2.28. The predicted octanol–water partition coefficient (Wildman–Crippen LogP) is 1.96. The van der Waals surface area contributed by atoms with Crippen molar-refractivity contribution in [2.24, 2.45) is 0 Å². The van der Waals surface area contributed by atoms with Gasteiger partial charge in [0.25, 0.3) is 5.91 Å². The lowest BCUT2D eigenvalue weighted by molar-refractivity contribution is -0.255. The van der Waals surface area contributed by atoms with Crippen molar-refractivity contribution < 1.29 is 24.2 Å². The third-order valence-corrected chi connectivity index (χ3v) is 5.26. The topological polar surface area (TPSA) is 121 Å². The largest absolute Gasteiger partial charge is 0.543 e. The number of nitrogens with zero attached hydrogens (tertiary/aromatic N) is 2. The quantitative estimate of drug-likeness (QED) is 0.591. The minimum absolute atomic E-state index is 0.279. The molecule has 2 aromatic heterocycles. The lowest BCUT2D eigenvalue weighted by Gasteiger charge is -2.09. The number of carboxylic acids is 1. The summed E-state index contributed by atoms with van der Waals surface area (Å²) in [7, 11) is 1.53. The summed E-state index contributed by atoms with van der Waals surface area (Å²) in [6, 6.07) is 8.32. The molecule has 0 saturated heterocycles.